The minimum atomic E-state index is 0.186. The third kappa shape index (κ3) is 2.74. The number of nitrogens with two attached hydrogens (primary N) is 1. The molecule has 0 unspecified atom stereocenters. The van der Waals surface area contributed by atoms with Gasteiger partial charge in [0.1, 0.15) is 11.3 Å². The Hall–Kier alpha value is -2.09. The largest absolute Gasteiger partial charge is 0.402 e. The Kier molecular flexibility index (Phi) is 4.23. The lowest BCUT2D eigenvalue weighted by molar-refractivity contribution is 0.414. The Morgan fingerprint density at radius 3 is 2.60 bits per heavy atom. The first-order valence-electron chi connectivity index (χ1n) is 6.28. The first kappa shape index (κ1) is 14.3. The normalized spacial score (nSPS) is 10.6. The quantitative estimate of drug-likeness (QED) is 0.826. The van der Waals surface area contributed by atoms with Crippen LogP contribution in [0.2, 0.25) is 0 Å². The van der Waals surface area contributed by atoms with Crippen LogP contribution in [0.5, 0.6) is 11.9 Å². The van der Waals surface area contributed by atoms with Gasteiger partial charge in [-0.2, -0.15) is 10.1 Å². The summed E-state index contributed by atoms with van der Waals surface area (Å²) >= 11 is 5.12. The third-order valence-corrected chi connectivity index (χ3v) is 3.03. The molecule has 2 heterocycles. The van der Waals surface area contributed by atoms with E-state index in [2.05, 4.69) is 20.3 Å². The van der Waals surface area contributed by atoms with Crippen LogP contribution >= 0.6 is 12.2 Å². The van der Waals surface area contributed by atoms with Crippen molar-refractivity contribution in [1.29, 1.82) is 0 Å². The van der Waals surface area contributed by atoms with Gasteiger partial charge in [0, 0.05) is 7.05 Å². The zero-order chi connectivity index (χ0) is 14.7. The van der Waals surface area contributed by atoms with Gasteiger partial charge in [0.05, 0.1) is 11.3 Å². The van der Waals surface area contributed by atoms with Crippen LogP contribution in [0.3, 0.4) is 0 Å². The number of rotatable bonds is 5. The summed E-state index contributed by atoms with van der Waals surface area (Å²) in [6, 6.07) is 0.186. The fourth-order valence-electron chi connectivity index (χ4n) is 1.93. The molecule has 0 fully saturated rings. The Labute approximate surface area is 122 Å². The summed E-state index contributed by atoms with van der Waals surface area (Å²) in [6.07, 6.45) is 3.04. The second kappa shape index (κ2) is 5.91. The summed E-state index contributed by atoms with van der Waals surface area (Å²) in [5.41, 5.74) is 8.25. The highest BCUT2D eigenvalue weighted by Gasteiger charge is 2.19. The second-order valence-corrected chi connectivity index (χ2v) is 4.62. The van der Waals surface area contributed by atoms with Gasteiger partial charge in [0.15, 0.2) is 0 Å². The molecule has 0 aromatic carbocycles. The van der Waals surface area contributed by atoms with Crippen molar-refractivity contribution in [3.63, 3.8) is 0 Å². The van der Waals surface area contributed by atoms with E-state index in [1.165, 1.54) is 11.0 Å². The van der Waals surface area contributed by atoms with Crippen LogP contribution in [0.4, 0.5) is 0 Å². The molecule has 0 aliphatic heterocycles. The fraction of sp³-hybridized carbons (Fsp3) is 0.417. The van der Waals surface area contributed by atoms with Crippen LogP contribution in [0.25, 0.3) is 0 Å². The maximum Gasteiger partial charge on any atom is 0.342 e. The van der Waals surface area contributed by atoms with Gasteiger partial charge in [-0.1, -0.05) is 26.1 Å². The molecule has 0 saturated heterocycles. The average molecular weight is 292 g/mol. The van der Waals surface area contributed by atoms with Gasteiger partial charge >= 0.3 is 6.01 Å². The van der Waals surface area contributed by atoms with Gasteiger partial charge in [0.2, 0.25) is 0 Å². The number of aryl methyl sites for hydroxylation is 2. The van der Waals surface area contributed by atoms with Crippen molar-refractivity contribution in [2.24, 2.45) is 12.8 Å². The van der Waals surface area contributed by atoms with E-state index in [0.717, 1.165) is 24.1 Å². The van der Waals surface area contributed by atoms with Crippen LogP contribution < -0.4 is 10.5 Å². The number of hydrogen-bond acceptors (Lipinski definition) is 6. The van der Waals surface area contributed by atoms with Crippen LogP contribution in [0, 0.1) is 0 Å². The first-order chi connectivity index (χ1) is 9.56. The van der Waals surface area contributed by atoms with E-state index in [1.54, 1.807) is 7.05 Å². The third-order valence-electron chi connectivity index (χ3n) is 2.83. The molecule has 8 heteroatoms. The molecule has 20 heavy (non-hydrogen) atoms. The minimum Gasteiger partial charge on any atom is -0.402 e. The topological polar surface area (TPSA) is 91.7 Å². The molecular formula is C12H16N6OS. The van der Waals surface area contributed by atoms with Crippen molar-refractivity contribution >= 4 is 17.2 Å². The first-order valence-corrected chi connectivity index (χ1v) is 6.69. The second-order valence-electron chi connectivity index (χ2n) is 4.18. The van der Waals surface area contributed by atoms with Crippen molar-refractivity contribution in [2.45, 2.75) is 26.7 Å². The maximum absolute atomic E-state index is 5.81. The summed E-state index contributed by atoms with van der Waals surface area (Å²) < 4.78 is 7.08. The molecular weight excluding hydrogens is 276 g/mol. The van der Waals surface area contributed by atoms with Crippen LogP contribution in [-0.2, 0) is 19.9 Å². The Balaban J connectivity index is 2.49. The van der Waals surface area contributed by atoms with E-state index >= 15 is 0 Å². The molecule has 2 aromatic rings. The van der Waals surface area contributed by atoms with Crippen molar-refractivity contribution in [1.82, 2.24) is 25.0 Å². The summed E-state index contributed by atoms with van der Waals surface area (Å²) in [6.45, 7) is 4.02. The molecule has 2 rings (SSSR count). The lowest BCUT2D eigenvalue weighted by atomic mass is 10.0. The summed E-state index contributed by atoms with van der Waals surface area (Å²) in [4.78, 5) is 4.22. The fourth-order valence-corrected chi connectivity index (χ4v) is 2.14. The zero-order valence-electron chi connectivity index (χ0n) is 11.6. The summed E-state index contributed by atoms with van der Waals surface area (Å²) in [5.74, 6) is 0.248. The van der Waals surface area contributed by atoms with E-state index in [1.807, 2.05) is 13.8 Å². The Bertz CT molecular complexity index is 639. The highest BCUT2D eigenvalue weighted by Crippen LogP contribution is 2.25. The van der Waals surface area contributed by atoms with E-state index in [4.69, 9.17) is 22.7 Å². The highest BCUT2D eigenvalue weighted by molar-refractivity contribution is 7.80. The van der Waals surface area contributed by atoms with Crippen molar-refractivity contribution < 1.29 is 4.74 Å². The average Bonchev–Trinajstić information content (AvgIpc) is 2.83. The van der Waals surface area contributed by atoms with Gasteiger partial charge in [-0.25, -0.2) is 0 Å². The van der Waals surface area contributed by atoms with Crippen molar-refractivity contribution in [3.8, 4) is 11.9 Å². The van der Waals surface area contributed by atoms with E-state index < -0.39 is 0 Å². The Morgan fingerprint density at radius 2 is 2.10 bits per heavy atom. The molecule has 7 nitrogen and oxygen atoms in total. The Morgan fingerprint density at radius 1 is 1.35 bits per heavy atom. The summed E-state index contributed by atoms with van der Waals surface area (Å²) in [7, 11) is 1.75. The number of thiocarbonyl (C=S) groups is 1. The molecule has 2 N–H and O–H groups in total. The van der Waals surface area contributed by atoms with Crippen LogP contribution in [0.15, 0.2) is 6.33 Å². The van der Waals surface area contributed by atoms with E-state index in [9.17, 15) is 0 Å². The lowest BCUT2D eigenvalue weighted by Crippen LogP contribution is -2.17. The van der Waals surface area contributed by atoms with Crippen LogP contribution in [0.1, 0.15) is 30.7 Å². The number of aromatic nitrogens is 5. The monoisotopic (exact) mass is 292 g/mol. The SMILES string of the molecule is CCc1nnc(Oc2ncn(C)n2)c(C(N)=S)c1CC. The molecule has 106 valence electrons. The molecule has 2 aromatic heterocycles. The lowest BCUT2D eigenvalue weighted by Gasteiger charge is -2.13. The highest BCUT2D eigenvalue weighted by atomic mass is 32.1. The molecule has 0 aliphatic rings. The maximum atomic E-state index is 5.81. The van der Waals surface area contributed by atoms with Crippen molar-refractivity contribution in [3.05, 3.63) is 23.1 Å². The van der Waals surface area contributed by atoms with Gasteiger partial charge in [-0.3, -0.25) is 4.68 Å². The molecule has 0 saturated carbocycles. The van der Waals surface area contributed by atoms with Gasteiger partial charge in [-0.15, -0.1) is 10.2 Å². The predicted octanol–water partition coefficient (Wildman–Crippen LogP) is 1.16. The van der Waals surface area contributed by atoms with Crippen molar-refractivity contribution in [2.75, 3.05) is 0 Å². The molecule has 0 aliphatic carbocycles. The number of nitrogens with zero attached hydrogens (tertiary/aromatic N) is 5. The van der Waals surface area contributed by atoms with Gasteiger partial charge in [0.25, 0.3) is 5.88 Å². The number of hydrogen-bond donors (Lipinski definition) is 1. The molecule has 0 spiro atoms. The molecule has 0 amide bonds. The van der Waals surface area contributed by atoms with Gasteiger partial charge in [-0.05, 0) is 18.4 Å². The molecule has 0 bridgehead atoms. The van der Waals surface area contributed by atoms with E-state index in [0.29, 0.717) is 5.56 Å². The smallest absolute Gasteiger partial charge is 0.342 e. The minimum absolute atomic E-state index is 0.186. The van der Waals surface area contributed by atoms with Gasteiger partial charge < -0.3 is 10.5 Å². The standard InChI is InChI=1S/C12H16N6OS/c1-4-7-8(5-2)15-16-11(9(7)10(13)20)19-12-14-6-18(3)17-12/h6H,4-5H2,1-3H3,(H2,13,20). The summed E-state index contributed by atoms with van der Waals surface area (Å²) in [5, 5.41) is 12.3. The van der Waals surface area contributed by atoms with Crippen LogP contribution in [-0.4, -0.2) is 30.0 Å². The molecule has 0 radical (unpaired) electrons. The zero-order valence-corrected chi connectivity index (χ0v) is 12.4. The number of ether oxygens (including phenoxy) is 1. The molecule has 0 atom stereocenters. The van der Waals surface area contributed by atoms with E-state index in [-0.39, 0.29) is 16.9 Å². The predicted molar refractivity (Wildman–Crippen MR) is 77.8 cm³/mol.